The highest BCUT2D eigenvalue weighted by atomic mass is 19.4. The van der Waals surface area contributed by atoms with Crippen LogP contribution < -0.4 is 5.32 Å². The zero-order chi connectivity index (χ0) is 15.0. The van der Waals surface area contributed by atoms with Crippen molar-refractivity contribution in [2.75, 3.05) is 13.2 Å². The lowest BCUT2D eigenvalue weighted by Gasteiger charge is -2.43. The van der Waals surface area contributed by atoms with Crippen LogP contribution >= 0.6 is 0 Å². The van der Waals surface area contributed by atoms with Crippen LogP contribution in [-0.2, 0) is 14.3 Å². The average Bonchev–Trinajstić information content (AvgIpc) is 2.79. The third-order valence-corrected chi connectivity index (χ3v) is 3.93. The molecule has 1 unspecified atom stereocenters. The molecule has 1 saturated carbocycles. The summed E-state index contributed by atoms with van der Waals surface area (Å²) < 4.78 is 39.6. The number of piperazine rings is 1. The van der Waals surface area contributed by atoms with E-state index in [-0.39, 0.29) is 18.4 Å². The maximum atomic E-state index is 12.4. The van der Waals surface area contributed by atoms with E-state index in [1.165, 1.54) is 11.8 Å². The Labute approximate surface area is 114 Å². The minimum Gasteiger partial charge on any atom is -0.340 e. The molecule has 1 atom stereocenters. The van der Waals surface area contributed by atoms with E-state index in [4.69, 9.17) is 0 Å². The van der Waals surface area contributed by atoms with E-state index in [9.17, 15) is 22.8 Å². The van der Waals surface area contributed by atoms with Crippen molar-refractivity contribution in [3.63, 3.8) is 0 Å². The molecule has 1 saturated heterocycles. The van der Waals surface area contributed by atoms with Gasteiger partial charge in [-0.15, -0.1) is 13.2 Å². The maximum absolute atomic E-state index is 12.4. The molecule has 2 fully saturated rings. The van der Waals surface area contributed by atoms with Crippen LogP contribution in [0.5, 0.6) is 0 Å². The molecule has 1 spiro atoms. The fourth-order valence-corrected chi connectivity index (χ4v) is 2.86. The van der Waals surface area contributed by atoms with Crippen molar-refractivity contribution >= 4 is 11.8 Å². The Hall–Kier alpha value is -1.31. The monoisotopic (exact) mass is 294 g/mol. The first kappa shape index (κ1) is 15.1. The molecule has 2 aliphatic rings. The highest BCUT2D eigenvalue weighted by Gasteiger charge is 2.50. The van der Waals surface area contributed by atoms with E-state index in [1.807, 2.05) is 0 Å². The van der Waals surface area contributed by atoms with Crippen LogP contribution in [0.2, 0.25) is 0 Å². The molecule has 0 aromatic carbocycles. The van der Waals surface area contributed by atoms with Crippen molar-refractivity contribution in [2.24, 2.45) is 0 Å². The first-order chi connectivity index (χ1) is 9.25. The molecule has 2 amide bonds. The van der Waals surface area contributed by atoms with Gasteiger partial charge < -0.3 is 10.2 Å². The van der Waals surface area contributed by atoms with Crippen molar-refractivity contribution in [1.29, 1.82) is 0 Å². The zero-order valence-electron chi connectivity index (χ0n) is 11.1. The van der Waals surface area contributed by atoms with Crippen molar-refractivity contribution in [2.45, 2.75) is 50.6 Å². The van der Waals surface area contributed by atoms with Gasteiger partial charge in [-0.05, 0) is 19.8 Å². The second kappa shape index (κ2) is 5.23. The van der Waals surface area contributed by atoms with E-state index in [0.29, 0.717) is 12.8 Å². The summed E-state index contributed by atoms with van der Waals surface area (Å²) in [5.74, 6) is -0.619. The maximum Gasteiger partial charge on any atom is 0.522 e. The molecule has 114 valence electrons. The van der Waals surface area contributed by atoms with Crippen LogP contribution in [0, 0.1) is 0 Å². The number of hydrogen-bond acceptors (Lipinski definition) is 3. The number of halogens is 3. The summed E-state index contributed by atoms with van der Waals surface area (Å²) in [6.07, 6.45) is -1.99. The third-order valence-electron chi connectivity index (χ3n) is 3.93. The van der Waals surface area contributed by atoms with Crippen LogP contribution in [0.3, 0.4) is 0 Å². The molecule has 2 rings (SSSR count). The summed E-state index contributed by atoms with van der Waals surface area (Å²) in [5.41, 5.74) is -0.915. The Morgan fingerprint density at radius 2 is 1.95 bits per heavy atom. The largest absolute Gasteiger partial charge is 0.522 e. The molecular formula is C12H17F3N2O3. The van der Waals surface area contributed by atoms with E-state index in [1.54, 1.807) is 0 Å². The van der Waals surface area contributed by atoms with Crippen LogP contribution in [0.25, 0.3) is 0 Å². The van der Waals surface area contributed by atoms with E-state index in [2.05, 4.69) is 10.1 Å². The molecule has 1 heterocycles. The Kier molecular flexibility index (Phi) is 3.95. The quantitative estimate of drug-likeness (QED) is 0.850. The number of nitrogens with zero attached hydrogens (tertiary/aromatic N) is 1. The summed E-state index contributed by atoms with van der Waals surface area (Å²) in [6.45, 7) is 0.597. The van der Waals surface area contributed by atoms with Gasteiger partial charge in [0.2, 0.25) is 11.8 Å². The van der Waals surface area contributed by atoms with Gasteiger partial charge >= 0.3 is 6.36 Å². The Morgan fingerprint density at radius 1 is 1.35 bits per heavy atom. The molecule has 1 aliphatic heterocycles. The summed E-state index contributed by atoms with van der Waals surface area (Å²) in [5, 5.41) is 2.73. The van der Waals surface area contributed by atoms with Crippen molar-refractivity contribution < 1.29 is 27.5 Å². The van der Waals surface area contributed by atoms with Crippen LogP contribution in [-0.4, -0.2) is 47.8 Å². The smallest absolute Gasteiger partial charge is 0.340 e. The molecule has 8 heteroatoms. The normalized spacial score (nSPS) is 26.2. The number of nitrogens with one attached hydrogen (secondary N) is 1. The second-order valence-corrected chi connectivity index (χ2v) is 5.25. The lowest BCUT2D eigenvalue weighted by atomic mass is 9.91. The van der Waals surface area contributed by atoms with Gasteiger partial charge in [-0.3, -0.25) is 14.3 Å². The third kappa shape index (κ3) is 2.89. The highest BCUT2D eigenvalue weighted by Crippen LogP contribution is 2.34. The van der Waals surface area contributed by atoms with Gasteiger partial charge in [0.15, 0.2) is 0 Å². The number of ether oxygens (including phenoxy) is 1. The Morgan fingerprint density at radius 3 is 2.50 bits per heavy atom. The first-order valence-corrected chi connectivity index (χ1v) is 6.59. The number of amides is 2. The lowest BCUT2D eigenvalue weighted by molar-refractivity contribution is -0.325. The molecule has 1 N–H and O–H groups in total. The van der Waals surface area contributed by atoms with Crippen molar-refractivity contribution in [3.8, 4) is 0 Å². The Balaban J connectivity index is 2.05. The summed E-state index contributed by atoms with van der Waals surface area (Å²) in [6, 6.07) is -0.773. The molecule has 0 aromatic rings. The molecule has 0 bridgehead atoms. The topological polar surface area (TPSA) is 58.6 Å². The van der Waals surface area contributed by atoms with E-state index in [0.717, 1.165) is 12.8 Å². The highest BCUT2D eigenvalue weighted by molar-refractivity contribution is 5.99. The minimum atomic E-state index is -4.73. The zero-order valence-corrected chi connectivity index (χ0v) is 11.1. The van der Waals surface area contributed by atoms with Crippen molar-refractivity contribution in [3.05, 3.63) is 0 Å². The number of rotatable bonds is 3. The predicted molar refractivity (Wildman–Crippen MR) is 62.5 cm³/mol. The van der Waals surface area contributed by atoms with Crippen LogP contribution in [0.4, 0.5) is 13.2 Å². The predicted octanol–water partition coefficient (Wildman–Crippen LogP) is 1.18. The second-order valence-electron chi connectivity index (χ2n) is 5.25. The lowest BCUT2D eigenvalue weighted by Crippen LogP contribution is -2.69. The van der Waals surface area contributed by atoms with Crippen LogP contribution in [0.15, 0.2) is 0 Å². The van der Waals surface area contributed by atoms with Crippen molar-refractivity contribution in [1.82, 2.24) is 10.2 Å². The average molecular weight is 294 g/mol. The van der Waals surface area contributed by atoms with Gasteiger partial charge in [-0.25, -0.2) is 0 Å². The number of carbonyl (C=O) groups excluding carboxylic acids is 2. The molecular weight excluding hydrogens is 277 g/mol. The van der Waals surface area contributed by atoms with Gasteiger partial charge in [0.25, 0.3) is 0 Å². The summed E-state index contributed by atoms with van der Waals surface area (Å²) >= 11 is 0. The van der Waals surface area contributed by atoms with Gasteiger partial charge in [0, 0.05) is 6.54 Å². The standard InChI is InChI=1S/C12H17F3N2O3/c1-8-9(18)16-11(4-2-3-5-11)10(19)17(8)6-7-20-12(13,14)15/h8H,2-7H2,1H3,(H,16,18). The van der Waals surface area contributed by atoms with Crippen LogP contribution in [0.1, 0.15) is 32.6 Å². The molecule has 20 heavy (non-hydrogen) atoms. The first-order valence-electron chi connectivity index (χ1n) is 6.59. The van der Waals surface area contributed by atoms with Gasteiger partial charge in [0.05, 0.1) is 6.61 Å². The molecule has 1 aliphatic carbocycles. The van der Waals surface area contributed by atoms with E-state index >= 15 is 0 Å². The molecule has 5 nitrogen and oxygen atoms in total. The fraction of sp³-hybridized carbons (Fsp3) is 0.833. The summed E-state index contributed by atoms with van der Waals surface area (Å²) in [4.78, 5) is 25.5. The summed E-state index contributed by atoms with van der Waals surface area (Å²) in [7, 11) is 0. The SMILES string of the molecule is CC1C(=O)NC2(CCCC2)C(=O)N1CCOC(F)(F)F. The molecule has 0 aromatic heterocycles. The van der Waals surface area contributed by atoms with Gasteiger partial charge in [-0.2, -0.15) is 0 Å². The minimum absolute atomic E-state index is 0.241. The Bertz CT molecular complexity index is 405. The fourth-order valence-electron chi connectivity index (χ4n) is 2.86. The number of carbonyl (C=O) groups is 2. The van der Waals surface area contributed by atoms with Gasteiger partial charge in [-0.1, -0.05) is 12.8 Å². The van der Waals surface area contributed by atoms with E-state index < -0.39 is 24.6 Å². The number of alkyl halides is 3. The molecule has 0 radical (unpaired) electrons. The number of hydrogen-bond donors (Lipinski definition) is 1. The van der Waals surface area contributed by atoms with Gasteiger partial charge in [0.1, 0.15) is 11.6 Å².